The highest BCUT2D eigenvalue weighted by atomic mass is 16.5. The quantitative estimate of drug-likeness (QED) is 0.782. The number of amides is 2. The first-order valence-corrected chi connectivity index (χ1v) is 9.38. The Balaban J connectivity index is 1.69. The second kappa shape index (κ2) is 8.34. The van der Waals surface area contributed by atoms with Gasteiger partial charge < -0.3 is 20.1 Å². The molecule has 1 aliphatic rings. The lowest BCUT2D eigenvalue weighted by molar-refractivity contribution is -0.138. The molecule has 3 rings (SSSR count). The van der Waals surface area contributed by atoms with E-state index in [1.807, 2.05) is 25.1 Å². The van der Waals surface area contributed by atoms with Crippen molar-refractivity contribution >= 4 is 29.2 Å². The van der Waals surface area contributed by atoms with Gasteiger partial charge in [-0.3, -0.25) is 14.4 Å². The van der Waals surface area contributed by atoms with Crippen molar-refractivity contribution in [3.8, 4) is 5.75 Å². The first-order valence-electron chi connectivity index (χ1n) is 9.38. The van der Waals surface area contributed by atoms with Crippen LogP contribution in [0.15, 0.2) is 42.5 Å². The van der Waals surface area contributed by atoms with Gasteiger partial charge >= 0.3 is 5.97 Å². The van der Waals surface area contributed by atoms with E-state index in [1.54, 1.807) is 43.2 Å². The largest absolute Gasteiger partial charge is 0.495 e. The van der Waals surface area contributed by atoms with E-state index in [9.17, 15) is 14.4 Å². The number of nitrogens with one attached hydrogen (secondary N) is 1. The van der Waals surface area contributed by atoms with Crippen molar-refractivity contribution < 1.29 is 24.2 Å². The molecule has 2 aromatic rings. The monoisotopic (exact) mass is 396 g/mol. The minimum absolute atomic E-state index is 0.122. The predicted octanol–water partition coefficient (Wildman–Crippen LogP) is 3.18. The molecule has 0 bridgehead atoms. The molecule has 1 fully saturated rings. The van der Waals surface area contributed by atoms with E-state index < -0.39 is 17.8 Å². The predicted molar refractivity (Wildman–Crippen MR) is 109 cm³/mol. The number of rotatable bonds is 6. The van der Waals surface area contributed by atoms with Crippen LogP contribution in [0, 0.1) is 12.8 Å². The summed E-state index contributed by atoms with van der Waals surface area (Å²) in [4.78, 5) is 37.9. The Hall–Kier alpha value is -3.35. The smallest absolute Gasteiger partial charge is 0.310 e. The number of ether oxygens (including phenoxy) is 1. The van der Waals surface area contributed by atoms with E-state index in [0.29, 0.717) is 22.7 Å². The van der Waals surface area contributed by atoms with Crippen molar-refractivity contribution in [2.75, 3.05) is 23.9 Å². The Labute approximate surface area is 169 Å². The normalized spacial score (nSPS) is 17.1. The lowest BCUT2D eigenvalue weighted by Gasteiger charge is -2.20. The van der Waals surface area contributed by atoms with Gasteiger partial charge in [-0.05, 0) is 49.2 Å². The molecule has 0 spiro atoms. The molecule has 7 nitrogen and oxygen atoms in total. The van der Waals surface area contributed by atoms with Crippen LogP contribution in [0.2, 0.25) is 0 Å². The number of anilines is 2. The van der Waals surface area contributed by atoms with Crippen LogP contribution in [0.4, 0.5) is 11.4 Å². The molecule has 2 unspecified atom stereocenters. The molecule has 2 aromatic carbocycles. The van der Waals surface area contributed by atoms with Crippen LogP contribution < -0.4 is 15.0 Å². The third kappa shape index (κ3) is 4.39. The summed E-state index contributed by atoms with van der Waals surface area (Å²) in [6, 6.07) is 12.3. The molecule has 29 heavy (non-hydrogen) atoms. The highest BCUT2D eigenvalue weighted by Crippen LogP contribution is 2.34. The van der Waals surface area contributed by atoms with Crippen molar-refractivity contribution in [3.05, 3.63) is 53.6 Å². The zero-order chi connectivity index (χ0) is 21.1. The number of carbonyl (C=O) groups excluding carboxylic acids is 2. The lowest BCUT2D eigenvalue weighted by Crippen LogP contribution is -2.28. The number of nitrogens with zero attached hydrogens (tertiary/aromatic N) is 1. The van der Waals surface area contributed by atoms with E-state index in [1.165, 1.54) is 0 Å². The summed E-state index contributed by atoms with van der Waals surface area (Å²) in [5.74, 6) is -1.78. The standard InChI is InChI=1S/C22H24N2O5/c1-13-4-9-19(29-3)18(10-13)24-12-16(11-20(24)25)21(26)23-17-7-5-15(6-8-17)14(2)22(27)28/h4-10,14,16H,11-12H2,1-3H3,(H,23,26)(H,27,28). The molecule has 1 aliphatic heterocycles. The zero-order valence-electron chi connectivity index (χ0n) is 16.6. The Morgan fingerprint density at radius 3 is 2.52 bits per heavy atom. The van der Waals surface area contributed by atoms with E-state index in [4.69, 9.17) is 9.84 Å². The van der Waals surface area contributed by atoms with Crippen LogP contribution >= 0.6 is 0 Å². The number of carboxylic acids is 1. The van der Waals surface area contributed by atoms with Crippen molar-refractivity contribution in [1.29, 1.82) is 0 Å². The van der Waals surface area contributed by atoms with Gasteiger partial charge in [0.1, 0.15) is 5.75 Å². The number of carbonyl (C=O) groups is 3. The molecule has 0 radical (unpaired) electrons. The van der Waals surface area contributed by atoms with E-state index in [-0.39, 0.29) is 24.8 Å². The molecule has 0 aliphatic carbocycles. The molecule has 2 N–H and O–H groups in total. The van der Waals surface area contributed by atoms with Crippen LogP contribution in [0.5, 0.6) is 5.75 Å². The maximum absolute atomic E-state index is 12.7. The van der Waals surface area contributed by atoms with Crippen molar-refractivity contribution in [1.82, 2.24) is 0 Å². The van der Waals surface area contributed by atoms with Crippen LogP contribution in [-0.4, -0.2) is 36.5 Å². The van der Waals surface area contributed by atoms with E-state index in [2.05, 4.69) is 5.32 Å². The molecule has 2 amide bonds. The first-order chi connectivity index (χ1) is 13.8. The van der Waals surface area contributed by atoms with Gasteiger partial charge in [-0.1, -0.05) is 18.2 Å². The Bertz CT molecular complexity index is 939. The van der Waals surface area contributed by atoms with Crippen LogP contribution in [-0.2, 0) is 14.4 Å². The second-order valence-electron chi connectivity index (χ2n) is 7.25. The van der Waals surface area contributed by atoms with Gasteiger partial charge in [-0.25, -0.2) is 0 Å². The highest BCUT2D eigenvalue weighted by Gasteiger charge is 2.36. The average molecular weight is 396 g/mol. The van der Waals surface area contributed by atoms with Gasteiger partial charge in [0, 0.05) is 18.7 Å². The summed E-state index contributed by atoms with van der Waals surface area (Å²) >= 11 is 0. The number of methoxy groups -OCH3 is 1. The lowest BCUT2D eigenvalue weighted by atomic mass is 10.0. The number of benzene rings is 2. The fraction of sp³-hybridized carbons (Fsp3) is 0.318. The molecular weight excluding hydrogens is 372 g/mol. The van der Waals surface area contributed by atoms with Crippen LogP contribution in [0.3, 0.4) is 0 Å². The second-order valence-corrected chi connectivity index (χ2v) is 7.25. The topological polar surface area (TPSA) is 95.9 Å². The molecule has 1 saturated heterocycles. The van der Waals surface area contributed by atoms with Crippen molar-refractivity contribution in [2.45, 2.75) is 26.2 Å². The maximum atomic E-state index is 12.7. The first kappa shape index (κ1) is 20.4. The zero-order valence-corrected chi connectivity index (χ0v) is 16.6. The molecule has 1 heterocycles. The fourth-order valence-corrected chi connectivity index (χ4v) is 3.37. The summed E-state index contributed by atoms with van der Waals surface area (Å²) in [5, 5.41) is 11.9. The minimum Gasteiger partial charge on any atom is -0.495 e. The van der Waals surface area contributed by atoms with Gasteiger partial charge in [-0.2, -0.15) is 0 Å². The highest BCUT2D eigenvalue weighted by molar-refractivity contribution is 6.04. The Morgan fingerprint density at radius 1 is 1.21 bits per heavy atom. The van der Waals surface area contributed by atoms with Gasteiger partial charge in [0.2, 0.25) is 11.8 Å². The van der Waals surface area contributed by atoms with Gasteiger partial charge in [-0.15, -0.1) is 0 Å². The summed E-state index contributed by atoms with van der Waals surface area (Å²) in [6.07, 6.45) is 0.122. The van der Waals surface area contributed by atoms with E-state index >= 15 is 0 Å². The molecular formula is C22H24N2O5. The summed E-state index contributed by atoms with van der Waals surface area (Å²) in [7, 11) is 1.55. The molecule has 152 valence electrons. The Kier molecular flexibility index (Phi) is 5.87. The number of carboxylic acid groups (broad SMARTS) is 1. The van der Waals surface area contributed by atoms with Gasteiger partial charge in [0.15, 0.2) is 0 Å². The average Bonchev–Trinajstić information content (AvgIpc) is 3.09. The molecule has 7 heteroatoms. The van der Waals surface area contributed by atoms with Gasteiger partial charge in [0.25, 0.3) is 0 Å². The number of hydrogen-bond acceptors (Lipinski definition) is 4. The summed E-state index contributed by atoms with van der Waals surface area (Å²) in [6.45, 7) is 3.81. The molecule has 0 aromatic heterocycles. The van der Waals surface area contributed by atoms with Crippen molar-refractivity contribution in [2.24, 2.45) is 5.92 Å². The minimum atomic E-state index is -0.905. The van der Waals surface area contributed by atoms with Crippen molar-refractivity contribution in [3.63, 3.8) is 0 Å². The van der Waals surface area contributed by atoms with Crippen LogP contribution in [0.25, 0.3) is 0 Å². The number of aryl methyl sites for hydroxylation is 1. The SMILES string of the molecule is COc1ccc(C)cc1N1CC(C(=O)Nc2ccc(C(C)C(=O)O)cc2)CC1=O. The maximum Gasteiger partial charge on any atom is 0.310 e. The van der Waals surface area contributed by atoms with Gasteiger partial charge in [0.05, 0.1) is 24.6 Å². The third-order valence-electron chi connectivity index (χ3n) is 5.17. The Morgan fingerprint density at radius 2 is 1.90 bits per heavy atom. The summed E-state index contributed by atoms with van der Waals surface area (Å²) < 4.78 is 5.36. The van der Waals surface area contributed by atoms with Crippen LogP contribution in [0.1, 0.15) is 30.4 Å². The number of hydrogen-bond donors (Lipinski definition) is 2. The third-order valence-corrected chi connectivity index (χ3v) is 5.17. The molecule has 2 atom stereocenters. The molecule has 0 saturated carbocycles. The summed E-state index contributed by atoms with van der Waals surface area (Å²) in [5.41, 5.74) is 2.89. The number of aliphatic carboxylic acids is 1. The van der Waals surface area contributed by atoms with E-state index in [0.717, 1.165) is 5.56 Å². The fourth-order valence-electron chi connectivity index (χ4n) is 3.37.